The van der Waals surface area contributed by atoms with Gasteiger partial charge in [0.15, 0.2) is 0 Å². The van der Waals surface area contributed by atoms with Crippen LogP contribution >= 0.6 is 11.6 Å². The second-order valence-corrected chi connectivity index (χ2v) is 6.07. The van der Waals surface area contributed by atoms with Crippen LogP contribution in [0.15, 0.2) is 29.8 Å². The van der Waals surface area contributed by atoms with Gasteiger partial charge in [-0.1, -0.05) is 30.9 Å². The smallest absolute Gasteiger partial charge is 0.328 e. The maximum Gasteiger partial charge on any atom is 0.328 e. The Bertz CT molecular complexity index is 531. The predicted octanol–water partition coefficient (Wildman–Crippen LogP) is 4.80. The van der Waals surface area contributed by atoms with Gasteiger partial charge in [0, 0.05) is 11.1 Å². The molecule has 0 amide bonds. The number of hydrogen-bond donors (Lipinski definition) is 1. The molecule has 0 radical (unpaired) electrons. The van der Waals surface area contributed by atoms with Crippen molar-refractivity contribution in [3.8, 4) is 5.75 Å². The van der Waals surface area contributed by atoms with E-state index >= 15 is 0 Å². The zero-order valence-corrected chi connectivity index (χ0v) is 13.0. The van der Waals surface area contributed by atoms with Crippen LogP contribution < -0.4 is 4.74 Å². The topological polar surface area (TPSA) is 46.5 Å². The monoisotopic (exact) mass is 308 g/mol. The Labute approximate surface area is 130 Å². The number of benzene rings is 1. The maximum absolute atomic E-state index is 10.6. The van der Waals surface area contributed by atoms with Crippen molar-refractivity contribution in [1.82, 2.24) is 0 Å². The molecule has 0 heterocycles. The van der Waals surface area contributed by atoms with Gasteiger partial charge >= 0.3 is 5.97 Å². The van der Waals surface area contributed by atoms with E-state index in [2.05, 4.69) is 0 Å². The fourth-order valence-electron chi connectivity index (χ4n) is 2.83. The Morgan fingerprint density at radius 2 is 2.10 bits per heavy atom. The van der Waals surface area contributed by atoms with Crippen molar-refractivity contribution in [2.24, 2.45) is 0 Å². The molecule has 1 aliphatic rings. The predicted molar refractivity (Wildman–Crippen MR) is 84.2 cm³/mol. The quantitative estimate of drug-likeness (QED) is 0.795. The van der Waals surface area contributed by atoms with Crippen LogP contribution in [0.25, 0.3) is 0 Å². The van der Waals surface area contributed by atoms with Crippen molar-refractivity contribution in [2.75, 3.05) is 6.61 Å². The Morgan fingerprint density at radius 3 is 2.76 bits per heavy atom. The lowest BCUT2D eigenvalue weighted by molar-refractivity contribution is -0.131. The van der Waals surface area contributed by atoms with Crippen LogP contribution in [0, 0.1) is 0 Å². The Morgan fingerprint density at radius 1 is 1.38 bits per heavy atom. The van der Waals surface area contributed by atoms with Crippen LogP contribution in [0.2, 0.25) is 5.02 Å². The summed E-state index contributed by atoms with van der Waals surface area (Å²) in [5.74, 6) is 0.375. The third kappa shape index (κ3) is 4.78. The molecular formula is C17H21ClO3. The minimum atomic E-state index is -0.945. The molecule has 1 fully saturated rings. The number of carboxylic acid groups (broad SMARTS) is 1. The molecule has 21 heavy (non-hydrogen) atoms. The van der Waals surface area contributed by atoms with Crippen molar-refractivity contribution in [1.29, 1.82) is 0 Å². The van der Waals surface area contributed by atoms with E-state index in [1.807, 2.05) is 18.2 Å². The normalized spacial score (nSPS) is 16.8. The van der Waals surface area contributed by atoms with Crippen LogP contribution in [0.4, 0.5) is 0 Å². The van der Waals surface area contributed by atoms with E-state index in [4.69, 9.17) is 21.4 Å². The zero-order valence-electron chi connectivity index (χ0n) is 12.3. The van der Waals surface area contributed by atoms with E-state index in [9.17, 15) is 4.79 Å². The molecule has 1 saturated carbocycles. The van der Waals surface area contributed by atoms with Gasteiger partial charge in [0.1, 0.15) is 12.4 Å². The van der Waals surface area contributed by atoms with Gasteiger partial charge in [-0.15, -0.1) is 0 Å². The number of ether oxygens (including phenoxy) is 1. The molecule has 1 N–H and O–H groups in total. The molecule has 0 atom stereocenters. The number of aliphatic carboxylic acids is 1. The second kappa shape index (κ2) is 7.51. The standard InChI is InChI=1S/C17H21ClO3/c1-12(9-17(19)20)11-21-16-8-7-14(18)10-15(16)13-5-3-2-4-6-13/h7-10,13H,2-6,11H2,1H3,(H,19,20). The summed E-state index contributed by atoms with van der Waals surface area (Å²) in [5, 5.41) is 9.45. The molecule has 2 rings (SSSR count). The minimum absolute atomic E-state index is 0.285. The number of carboxylic acids is 1. The highest BCUT2D eigenvalue weighted by Gasteiger charge is 2.19. The van der Waals surface area contributed by atoms with Crippen LogP contribution in [0.3, 0.4) is 0 Å². The van der Waals surface area contributed by atoms with Crippen molar-refractivity contribution in [3.63, 3.8) is 0 Å². The van der Waals surface area contributed by atoms with Crippen molar-refractivity contribution >= 4 is 17.6 Å². The first-order valence-electron chi connectivity index (χ1n) is 7.38. The first kappa shape index (κ1) is 15.9. The van der Waals surface area contributed by atoms with Crippen molar-refractivity contribution in [2.45, 2.75) is 44.9 Å². The largest absolute Gasteiger partial charge is 0.489 e. The van der Waals surface area contributed by atoms with E-state index in [1.54, 1.807) is 6.92 Å². The third-order valence-corrected chi connectivity index (χ3v) is 4.08. The molecule has 3 nitrogen and oxygen atoms in total. The van der Waals surface area contributed by atoms with Crippen molar-refractivity contribution in [3.05, 3.63) is 40.4 Å². The third-order valence-electron chi connectivity index (χ3n) is 3.84. The van der Waals surface area contributed by atoms with Gasteiger partial charge in [0.25, 0.3) is 0 Å². The molecule has 0 spiro atoms. The molecule has 114 valence electrons. The number of hydrogen-bond acceptors (Lipinski definition) is 2. The Kier molecular flexibility index (Phi) is 5.68. The van der Waals surface area contributed by atoms with Crippen molar-refractivity contribution < 1.29 is 14.6 Å². The Hall–Kier alpha value is -1.48. The lowest BCUT2D eigenvalue weighted by Crippen LogP contribution is -2.08. The van der Waals surface area contributed by atoms with E-state index in [-0.39, 0.29) is 6.61 Å². The molecule has 0 bridgehead atoms. The SMILES string of the molecule is CC(=CC(=O)O)COc1ccc(Cl)cc1C1CCCCC1. The van der Waals surface area contributed by atoms with Crippen LogP contribution in [0.1, 0.15) is 50.5 Å². The lowest BCUT2D eigenvalue weighted by Gasteiger charge is -2.24. The van der Waals surface area contributed by atoms with Crippen LogP contribution in [-0.2, 0) is 4.79 Å². The molecule has 0 aromatic heterocycles. The van der Waals surface area contributed by atoms with Gasteiger partial charge < -0.3 is 9.84 Å². The molecule has 0 aliphatic heterocycles. The summed E-state index contributed by atoms with van der Waals surface area (Å²) in [6, 6.07) is 5.70. The lowest BCUT2D eigenvalue weighted by atomic mass is 9.84. The maximum atomic E-state index is 10.6. The fraction of sp³-hybridized carbons (Fsp3) is 0.471. The molecule has 1 aliphatic carbocycles. The highest BCUT2D eigenvalue weighted by Crippen LogP contribution is 2.38. The van der Waals surface area contributed by atoms with E-state index in [1.165, 1.54) is 38.2 Å². The zero-order chi connectivity index (χ0) is 15.2. The average Bonchev–Trinajstić information content (AvgIpc) is 2.46. The summed E-state index contributed by atoms with van der Waals surface area (Å²) in [6.07, 6.45) is 7.30. The Balaban J connectivity index is 2.13. The van der Waals surface area contributed by atoms with Gasteiger partial charge in [-0.25, -0.2) is 4.79 Å². The fourth-order valence-corrected chi connectivity index (χ4v) is 3.01. The second-order valence-electron chi connectivity index (χ2n) is 5.63. The average molecular weight is 309 g/mol. The summed E-state index contributed by atoms with van der Waals surface area (Å²) >= 11 is 6.12. The summed E-state index contributed by atoms with van der Waals surface area (Å²) in [7, 11) is 0. The van der Waals surface area contributed by atoms with Crippen LogP contribution in [0.5, 0.6) is 5.75 Å². The molecule has 1 aromatic rings. The molecule has 0 unspecified atom stereocenters. The summed E-state index contributed by atoms with van der Waals surface area (Å²) < 4.78 is 5.82. The minimum Gasteiger partial charge on any atom is -0.489 e. The molecule has 4 heteroatoms. The number of carbonyl (C=O) groups is 1. The summed E-state index contributed by atoms with van der Waals surface area (Å²) in [6.45, 7) is 2.04. The van der Waals surface area contributed by atoms with E-state index in [0.29, 0.717) is 11.5 Å². The first-order valence-corrected chi connectivity index (χ1v) is 7.76. The molecule has 1 aromatic carbocycles. The molecule has 0 saturated heterocycles. The molecular weight excluding hydrogens is 288 g/mol. The highest BCUT2D eigenvalue weighted by molar-refractivity contribution is 6.30. The first-order chi connectivity index (χ1) is 10.1. The van der Waals surface area contributed by atoms with Gasteiger partial charge in [-0.05, 0) is 55.0 Å². The van der Waals surface area contributed by atoms with Gasteiger partial charge in [-0.3, -0.25) is 0 Å². The number of rotatable bonds is 5. The van der Waals surface area contributed by atoms with Gasteiger partial charge in [0.2, 0.25) is 0 Å². The summed E-state index contributed by atoms with van der Waals surface area (Å²) in [4.78, 5) is 10.6. The van der Waals surface area contributed by atoms with Gasteiger partial charge in [0.05, 0.1) is 0 Å². The van der Waals surface area contributed by atoms with Gasteiger partial charge in [-0.2, -0.15) is 0 Å². The van der Waals surface area contributed by atoms with Crippen LogP contribution in [-0.4, -0.2) is 17.7 Å². The van der Waals surface area contributed by atoms with E-state index < -0.39 is 5.97 Å². The summed E-state index contributed by atoms with van der Waals surface area (Å²) in [5.41, 5.74) is 1.84. The van der Waals surface area contributed by atoms with E-state index in [0.717, 1.165) is 16.3 Å². The number of halogens is 1. The highest BCUT2D eigenvalue weighted by atomic mass is 35.5.